The minimum absolute atomic E-state index is 0.280. The Hall–Kier alpha value is -2.08. The second-order valence-electron chi connectivity index (χ2n) is 3.98. The van der Waals surface area contributed by atoms with Gasteiger partial charge >= 0.3 is 7.60 Å². The molecule has 0 aromatic heterocycles. The molecule has 1 atom stereocenters. The van der Waals surface area contributed by atoms with Gasteiger partial charge in [-0.2, -0.15) is 5.26 Å². The van der Waals surface area contributed by atoms with Gasteiger partial charge in [-0.25, -0.2) is 4.57 Å². The van der Waals surface area contributed by atoms with Crippen molar-refractivity contribution < 1.29 is 13.6 Å². The molecule has 2 aromatic rings. The minimum Gasteiger partial charge on any atom is -0.421 e. The van der Waals surface area contributed by atoms with Crippen molar-refractivity contribution in [3.8, 4) is 11.8 Å². The van der Waals surface area contributed by atoms with Crippen molar-refractivity contribution in [3.05, 3.63) is 60.2 Å². The van der Waals surface area contributed by atoms with Crippen LogP contribution in [0, 0.1) is 11.3 Å². The molecule has 20 heavy (non-hydrogen) atoms. The Kier molecular flexibility index (Phi) is 4.57. The number of benzene rings is 2. The summed E-state index contributed by atoms with van der Waals surface area (Å²) < 4.78 is 23.7. The van der Waals surface area contributed by atoms with Gasteiger partial charge in [-0.15, -0.1) is 0 Å². The van der Waals surface area contributed by atoms with Gasteiger partial charge in [-0.1, -0.05) is 18.2 Å². The van der Waals surface area contributed by atoms with Crippen LogP contribution in [0.1, 0.15) is 12.5 Å². The summed E-state index contributed by atoms with van der Waals surface area (Å²) in [6.45, 7) is 2.04. The third-order valence-electron chi connectivity index (χ3n) is 2.58. The lowest BCUT2D eigenvalue weighted by molar-refractivity contribution is 0.289. The first-order valence-electron chi connectivity index (χ1n) is 6.18. The van der Waals surface area contributed by atoms with Crippen molar-refractivity contribution in [1.29, 1.82) is 5.26 Å². The first-order valence-corrected chi connectivity index (χ1v) is 7.72. The molecule has 0 aliphatic carbocycles. The maximum absolute atomic E-state index is 12.8. The molecule has 0 saturated heterocycles. The van der Waals surface area contributed by atoms with Crippen LogP contribution in [0.4, 0.5) is 0 Å². The number of hydrogen-bond acceptors (Lipinski definition) is 4. The van der Waals surface area contributed by atoms with Crippen LogP contribution < -0.4 is 9.83 Å². The van der Waals surface area contributed by atoms with E-state index in [9.17, 15) is 4.57 Å². The highest BCUT2D eigenvalue weighted by Crippen LogP contribution is 2.47. The number of nitrogens with zero attached hydrogens (tertiary/aromatic N) is 1. The van der Waals surface area contributed by atoms with Crippen LogP contribution in [-0.4, -0.2) is 6.61 Å². The Labute approximate surface area is 118 Å². The summed E-state index contributed by atoms with van der Waals surface area (Å²) in [6, 6.07) is 17.3. The van der Waals surface area contributed by atoms with Gasteiger partial charge in [0.15, 0.2) is 0 Å². The highest BCUT2D eigenvalue weighted by Gasteiger charge is 2.28. The van der Waals surface area contributed by atoms with E-state index < -0.39 is 7.60 Å². The van der Waals surface area contributed by atoms with Gasteiger partial charge in [0.2, 0.25) is 0 Å². The molecule has 0 fully saturated rings. The summed E-state index contributed by atoms with van der Waals surface area (Å²) >= 11 is 0. The lowest BCUT2D eigenvalue weighted by Gasteiger charge is -2.18. The van der Waals surface area contributed by atoms with Crippen LogP contribution in [0.15, 0.2) is 54.6 Å². The lowest BCUT2D eigenvalue weighted by Crippen LogP contribution is -2.12. The summed E-state index contributed by atoms with van der Waals surface area (Å²) in [5, 5.41) is 9.26. The van der Waals surface area contributed by atoms with Gasteiger partial charge < -0.3 is 4.52 Å². The average molecular weight is 287 g/mol. The fourth-order valence-corrected chi connectivity index (χ4v) is 3.25. The number of rotatable bonds is 5. The Morgan fingerprint density at radius 1 is 1.10 bits per heavy atom. The third-order valence-corrected chi connectivity index (χ3v) is 4.56. The zero-order valence-electron chi connectivity index (χ0n) is 11.0. The molecule has 0 spiro atoms. The molecular weight excluding hydrogens is 273 g/mol. The Bertz CT molecular complexity index is 647. The fourth-order valence-electron chi connectivity index (χ4n) is 1.66. The normalized spacial score (nSPS) is 13.2. The van der Waals surface area contributed by atoms with Crippen LogP contribution in [0.5, 0.6) is 5.75 Å². The van der Waals surface area contributed by atoms with Crippen LogP contribution in [0.25, 0.3) is 0 Å². The molecular formula is C15H14NO3P. The zero-order chi connectivity index (χ0) is 14.4. The predicted octanol–water partition coefficient (Wildman–Crippen LogP) is 3.49. The maximum atomic E-state index is 12.8. The molecule has 0 aliphatic heterocycles. The van der Waals surface area contributed by atoms with Crippen molar-refractivity contribution in [2.24, 2.45) is 0 Å². The van der Waals surface area contributed by atoms with Gasteiger partial charge in [0.05, 0.1) is 23.5 Å². The average Bonchev–Trinajstić information content (AvgIpc) is 2.49. The summed E-state index contributed by atoms with van der Waals surface area (Å²) in [5.41, 5.74) is 0.517. The minimum atomic E-state index is -3.40. The Morgan fingerprint density at radius 3 is 2.30 bits per heavy atom. The van der Waals surface area contributed by atoms with Crippen LogP contribution in [0.3, 0.4) is 0 Å². The summed E-state index contributed by atoms with van der Waals surface area (Å²) in [4.78, 5) is 0. The van der Waals surface area contributed by atoms with Crippen molar-refractivity contribution in [2.75, 3.05) is 6.61 Å². The number of nitriles is 1. The highest BCUT2D eigenvalue weighted by atomic mass is 31.2. The van der Waals surface area contributed by atoms with Crippen molar-refractivity contribution in [1.82, 2.24) is 0 Å². The van der Waals surface area contributed by atoms with E-state index in [1.165, 1.54) is 0 Å². The summed E-state index contributed by atoms with van der Waals surface area (Å²) in [6.07, 6.45) is 0. The van der Waals surface area contributed by atoms with E-state index in [2.05, 4.69) is 0 Å². The molecule has 0 heterocycles. The topological polar surface area (TPSA) is 59.3 Å². The van der Waals surface area contributed by atoms with Crippen molar-refractivity contribution >= 4 is 12.9 Å². The molecule has 0 radical (unpaired) electrons. The largest absolute Gasteiger partial charge is 0.421 e. The van der Waals surface area contributed by atoms with E-state index in [4.69, 9.17) is 14.3 Å². The lowest BCUT2D eigenvalue weighted by atomic mass is 10.2. The van der Waals surface area contributed by atoms with E-state index in [0.717, 1.165) is 0 Å². The van der Waals surface area contributed by atoms with Gasteiger partial charge in [-0.05, 0) is 43.3 Å². The second kappa shape index (κ2) is 6.38. The Morgan fingerprint density at radius 2 is 1.75 bits per heavy atom. The molecule has 4 nitrogen and oxygen atoms in total. The SMILES string of the molecule is CCOP(=O)(Oc1ccc(C#N)cc1)c1ccccc1. The van der Waals surface area contributed by atoms with Gasteiger partial charge in [0, 0.05) is 0 Å². The maximum Gasteiger partial charge on any atom is 0.410 e. The van der Waals surface area contributed by atoms with E-state index in [0.29, 0.717) is 16.6 Å². The monoisotopic (exact) mass is 287 g/mol. The summed E-state index contributed by atoms with van der Waals surface area (Å²) in [7, 11) is -3.40. The third kappa shape index (κ3) is 3.27. The van der Waals surface area contributed by atoms with Gasteiger partial charge in [0.25, 0.3) is 0 Å². The van der Waals surface area contributed by atoms with E-state index in [1.807, 2.05) is 12.1 Å². The molecule has 102 valence electrons. The van der Waals surface area contributed by atoms with Gasteiger partial charge in [0.1, 0.15) is 5.75 Å². The van der Waals surface area contributed by atoms with Crippen molar-refractivity contribution in [2.45, 2.75) is 6.92 Å². The highest BCUT2D eigenvalue weighted by molar-refractivity contribution is 7.62. The first kappa shape index (κ1) is 14.3. The predicted molar refractivity (Wildman–Crippen MR) is 77.1 cm³/mol. The van der Waals surface area contributed by atoms with Crippen LogP contribution in [-0.2, 0) is 9.09 Å². The quantitative estimate of drug-likeness (QED) is 0.790. The van der Waals surface area contributed by atoms with Gasteiger partial charge in [-0.3, -0.25) is 4.52 Å². The fraction of sp³-hybridized carbons (Fsp3) is 0.133. The second-order valence-corrected chi connectivity index (χ2v) is 5.93. The van der Waals surface area contributed by atoms with E-state index >= 15 is 0 Å². The number of hydrogen-bond donors (Lipinski definition) is 0. The molecule has 5 heteroatoms. The molecule has 0 bridgehead atoms. The molecule has 2 rings (SSSR count). The van der Waals surface area contributed by atoms with E-state index in [-0.39, 0.29) is 6.61 Å². The molecule has 0 amide bonds. The standard InChI is InChI=1S/C15H14NO3P/c1-2-18-20(17,15-6-4-3-5-7-15)19-14-10-8-13(12-16)9-11-14/h3-11H,2H2,1H3. The Balaban J connectivity index is 2.29. The smallest absolute Gasteiger partial charge is 0.410 e. The molecule has 0 aliphatic rings. The van der Waals surface area contributed by atoms with Crippen LogP contribution >= 0.6 is 7.60 Å². The van der Waals surface area contributed by atoms with Crippen LogP contribution in [0.2, 0.25) is 0 Å². The molecule has 1 unspecified atom stereocenters. The molecule has 0 N–H and O–H groups in total. The molecule has 0 saturated carbocycles. The summed E-state index contributed by atoms with van der Waals surface area (Å²) in [5.74, 6) is 0.407. The van der Waals surface area contributed by atoms with Crippen molar-refractivity contribution in [3.63, 3.8) is 0 Å². The zero-order valence-corrected chi connectivity index (χ0v) is 11.9. The van der Waals surface area contributed by atoms with E-state index in [1.54, 1.807) is 55.5 Å². The first-order chi connectivity index (χ1) is 9.68. The molecule has 2 aromatic carbocycles.